The quantitative estimate of drug-likeness (QED) is 0.313. The Labute approximate surface area is 221 Å². The van der Waals surface area contributed by atoms with Gasteiger partial charge in [-0.15, -0.1) is 33.4 Å². The van der Waals surface area contributed by atoms with Crippen LogP contribution in [0.3, 0.4) is 0 Å². The van der Waals surface area contributed by atoms with E-state index in [0.717, 1.165) is 12.8 Å². The van der Waals surface area contributed by atoms with E-state index in [1.165, 1.54) is 54.3 Å². The molecule has 0 spiro atoms. The van der Waals surface area contributed by atoms with Gasteiger partial charge in [0.15, 0.2) is 0 Å². The minimum absolute atomic E-state index is 0. The first kappa shape index (κ1) is 26.8. The minimum atomic E-state index is 0. The Morgan fingerprint density at radius 3 is 2.38 bits per heavy atom. The van der Waals surface area contributed by atoms with Crippen LogP contribution in [0, 0.1) is 10.4 Å². The van der Waals surface area contributed by atoms with Crippen molar-refractivity contribution in [2.75, 3.05) is 6.61 Å². The van der Waals surface area contributed by atoms with Crippen LogP contribution in [0.15, 0.2) is 66.2 Å². The van der Waals surface area contributed by atoms with E-state index in [9.17, 15) is 5.11 Å². The molecule has 3 aromatic carbocycles. The van der Waals surface area contributed by atoms with Crippen molar-refractivity contribution >= 4 is 17.7 Å². The van der Waals surface area contributed by atoms with Gasteiger partial charge in [0.05, 0.1) is 0 Å². The number of allylic oxidation sites excluding steroid dienone is 1. The van der Waals surface area contributed by atoms with Gasteiger partial charge >= 0.3 is 26.2 Å². The normalized spacial score (nSPS) is 14.5. The topological polar surface area (TPSA) is 20.2 Å². The fraction of sp³-hybridized carbons (Fsp3) is 0.214. The fourth-order valence-electron chi connectivity index (χ4n) is 4.90. The third-order valence-electron chi connectivity index (χ3n) is 6.19. The van der Waals surface area contributed by atoms with Gasteiger partial charge in [0.1, 0.15) is 0 Å². The Hall–Kier alpha value is -1.44. The van der Waals surface area contributed by atoms with E-state index in [1.54, 1.807) is 0 Å². The minimum Gasteiger partial charge on any atom is -1.00 e. The summed E-state index contributed by atoms with van der Waals surface area (Å²) in [7, 11) is 0. The first-order chi connectivity index (χ1) is 14.2. The van der Waals surface area contributed by atoms with E-state index in [2.05, 4.69) is 86.7 Å². The molecule has 1 unspecified atom stereocenters. The monoisotopic (exact) mass is 537 g/mol. The molecular weight excluding hydrogens is 514 g/mol. The molecule has 1 nitrogen and oxygen atoms in total. The zero-order valence-corrected chi connectivity index (χ0v) is 22.2. The summed E-state index contributed by atoms with van der Waals surface area (Å²) in [4.78, 5) is 0. The molecule has 0 aliphatic heterocycles. The third-order valence-corrected chi connectivity index (χ3v) is 6.19. The molecular formula is C28H25Cl2OZr. The molecule has 32 heavy (non-hydrogen) atoms. The summed E-state index contributed by atoms with van der Waals surface area (Å²) in [6.45, 7) is 4.62. The molecule has 1 radical (unpaired) electrons. The van der Waals surface area contributed by atoms with Gasteiger partial charge in [-0.05, 0) is 37.8 Å². The largest absolute Gasteiger partial charge is 3.00 e. The molecule has 0 fully saturated rings. The van der Waals surface area contributed by atoms with Crippen LogP contribution in [0.25, 0.3) is 17.7 Å². The predicted octanol–water partition coefficient (Wildman–Crippen LogP) is -1.51. The van der Waals surface area contributed by atoms with E-state index in [-0.39, 0.29) is 63.5 Å². The summed E-state index contributed by atoms with van der Waals surface area (Å²) in [5.74, 6) is 0.222. The molecule has 1 atom stereocenters. The Morgan fingerprint density at radius 1 is 0.906 bits per heavy atom. The van der Waals surface area contributed by atoms with Gasteiger partial charge in [0.2, 0.25) is 0 Å². The van der Waals surface area contributed by atoms with Gasteiger partial charge in [-0.3, -0.25) is 0 Å². The van der Waals surface area contributed by atoms with Crippen molar-refractivity contribution in [3.8, 4) is 0 Å². The molecule has 0 bridgehead atoms. The number of rotatable bonds is 4. The predicted molar refractivity (Wildman–Crippen MR) is 120 cm³/mol. The number of hydrogen-bond acceptors (Lipinski definition) is 1. The van der Waals surface area contributed by atoms with Gasteiger partial charge in [-0.1, -0.05) is 82.6 Å². The van der Waals surface area contributed by atoms with Crippen molar-refractivity contribution < 1.29 is 56.1 Å². The molecule has 0 amide bonds. The van der Waals surface area contributed by atoms with Crippen LogP contribution in [0.1, 0.15) is 54.9 Å². The van der Waals surface area contributed by atoms with Gasteiger partial charge in [0, 0.05) is 12.5 Å². The molecule has 2 aliphatic rings. The SMILES string of the molecule is CC(C)=c1ccc2c(c1C1C(CCCO)=Cc3ccccc31)[C-]=c1ccccc1=2.[Cl-].[Cl-].[Zr+3]. The van der Waals surface area contributed by atoms with Crippen molar-refractivity contribution in [2.45, 2.75) is 32.6 Å². The summed E-state index contributed by atoms with van der Waals surface area (Å²) >= 11 is 0. The number of benzene rings is 3. The van der Waals surface area contributed by atoms with Crippen molar-refractivity contribution in [1.29, 1.82) is 0 Å². The zero-order chi connectivity index (χ0) is 20.0. The average Bonchev–Trinajstić information content (AvgIpc) is 3.29. The van der Waals surface area contributed by atoms with Gasteiger partial charge in [0.25, 0.3) is 0 Å². The molecule has 1 N–H and O–H groups in total. The molecule has 0 aromatic heterocycles. The Morgan fingerprint density at radius 2 is 1.62 bits per heavy atom. The molecule has 5 rings (SSSR count). The van der Waals surface area contributed by atoms with Gasteiger partial charge in [-0.25, -0.2) is 0 Å². The first-order valence-corrected chi connectivity index (χ1v) is 10.4. The van der Waals surface area contributed by atoms with Crippen molar-refractivity contribution in [3.63, 3.8) is 0 Å². The number of fused-ring (bicyclic) bond motifs is 3. The van der Waals surface area contributed by atoms with Crippen LogP contribution in [0.5, 0.6) is 0 Å². The van der Waals surface area contributed by atoms with E-state index < -0.39 is 0 Å². The van der Waals surface area contributed by atoms with E-state index in [0.29, 0.717) is 0 Å². The number of aliphatic hydroxyl groups excluding tert-OH is 1. The van der Waals surface area contributed by atoms with Crippen LogP contribution in [-0.2, 0) is 26.2 Å². The van der Waals surface area contributed by atoms with Crippen LogP contribution in [0.4, 0.5) is 0 Å². The van der Waals surface area contributed by atoms with E-state index in [1.807, 2.05) is 0 Å². The molecule has 0 heterocycles. The maximum Gasteiger partial charge on any atom is 3.00 e. The Bertz CT molecular complexity index is 1370. The smallest absolute Gasteiger partial charge is 1.00 e. The number of halogens is 2. The number of aliphatic hydroxyl groups is 1. The Balaban J connectivity index is 0.00000121. The zero-order valence-electron chi connectivity index (χ0n) is 18.3. The molecule has 4 heteroatoms. The second-order valence-electron chi connectivity index (χ2n) is 8.23. The molecule has 2 aliphatic carbocycles. The van der Waals surface area contributed by atoms with Crippen molar-refractivity contribution in [3.05, 3.63) is 109 Å². The second-order valence-corrected chi connectivity index (χ2v) is 8.23. The fourth-order valence-corrected chi connectivity index (χ4v) is 4.90. The summed E-state index contributed by atoms with van der Waals surface area (Å²) in [5.41, 5.74) is 8.00. The second kappa shape index (κ2) is 11.1. The standard InChI is InChI=1S/C28H25O.2ClH.Zr/c1-18(2)22-13-14-25-23-11-5-3-9-20(23)17-26(25)28(22)27-21(10-7-15-29)16-19-8-4-6-12-24(19)27;;;/h3-6,8-9,11-14,16,27,29H,7,10,15H2,1-2H3;2*1H;/q-1;;;+3/p-2. The van der Waals surface area contributed by atoms with Crippen molar-refractivity contribution in [1.82, 2.24) is 0 Å². The summed E-state index contributed by atoms with van der Waals surface area (Å²) < 4.78 is 0. The molecule has 0 saturated carbocycles. The van der Waals surface area contributed by atoms with Crippen LogP contribution < -0.4 is 35.3 Å². The van der Waals surface area contributed by atoms with Gasteiger partial charge in [-0.2, -0.15) is 0 Å². The Kier molecular flexibility index (Phi) is 9.32. The molecule has 0 saturated heterocycles. The first-order valence-electron chi connectivity index (χ1n) is 10.4. The van der Waals surface area contributed by atoms with Crippen molar-refractivity contribution in [2.24, 2.45) is 0 Å². The average molecular weight is 540 g/mol. The number of hydrogen-bond donors (Lipinski definition) is 1. The summed E-state index contributed by atoms with van der Waals surface area (Å²) in [6.07, 6.45) is 7.78. The van der Waals surface area contributed by atoms with E-state index in [4.69, 9.17) is 0 Å². The maximum atomic E-state index is 9.47. The van der Waals surface area contributed by atoms with Gasteiger partial charge < -0.3 is 29.9 Å². The molecule has 161 valence electrons. The van der Waals surface area contributed by atoms with Crippen LogP contribution in [0.2, 0.25) is 0 Å². The van der Waals surface area contributed by atoms with E-state index >= 15 is 0 Å². The maximum absolute atomic E-state index is 9.47. The third kappa shape index (κ3) is 4.48. The van der Waals surface area contributed by atoms with Crippen LogP contribution in [-0.4, -0.2) is 11.7 Å². The summed E-state index contributed by atoms with van der Waals surface area (Å²) in [5, 5.41) is 14.5. The summed E-state index contributed by atoms with van der Waals surface area (Å²) in [6, 6.07) is 21.8. The van der Waals surface area contributed by atoms with Crippen LogP contribution >= 0.6 is 0 Å². The molecule has 3 aromatic rings.